The van der Waals surface area contributed by atoms with Gasteiger partial charge in [0.2, 0.25) is 5.91 Å². The highest BCUT2D eigenvalue weighted by molar-refractivity contribution is 5.75. The first-order chi connectivity index (χ1) is 9.15. The highest BCUT2D eigenvalue weighted by Crippen LogP contribution is 2.08. The number of benzene rings is 1. The number of amides is 1. The van der Waals surface area contributed by atoms with Crippen molar-refractivity contribution in [2.45, 2.75) is 26.4 Å². The number of halogens is 1. The lowest BCUT2D eigenvalue weighted by Crippen LogP contribution is -2.24. The summed E-state index contributed by atoms with van der Waals surface area (Å²) in [5, 5.41) is 6.70. The second kappa shape index (κ2) is 6.08. The van der Waals surface area contributed by atoms with Crippen molar-refractivity contribution in [1.29, 1.82) is 0 Å². The van der Waals surface area contributed by atoms with Gasteiger partial charge in [0.1, 0.15) is 18.5 Å². The molecule has 0 fully saturated rings. The van der Waals surface area contributed by atoms with Gasteiger partial charge in [-0.2, -0.15) is 5.10 Å². The van der Waals surface area contributed by atoms with Crippen molar-refractivity contribution in [3.05, 3.63) is 47.8 Å². The van der Waals surface area contributed by atoms with E-state index < -0.39 is 0 Å². The average molecular weight is 262 g/mol. The second-order valence-corrected chi connectivity index (χ2v) is 4.27. The fourth-order valence-electron chi connectivity index (χ4n) is 1.67. The minimum atomic E-state index is -0.235. The first kappa shape index (κ1) is 13.2. The van der Waals surface area contributed by atoms with Gasteiger partial charge in [0, 0.05) is 13.0 Å². The van der Waals surface area contributed by atoms with Gasteiger partial charge < -0.3 is 5.32 Å². The molecule has 2 rings (SSSR count). The van der Waals surface area contributed by atoms with E-state index in [0.29, 0.717) is 25.1 Å². The Morgan fingerprint density at radius 3 is 3.00 bits per heavy atom. The summed E-state index contributed by atoms with van der Waals surface area (Å²) in [6.07, 6.45) is 3.33. The number of rotatable bonds is 5. The van der Waals surface area contributed by atoms with Crippen molar-refractivity contribution in [1.82, 2.24) is 20.1 Å². The zero-order valence-electron chi connectivity index (χ0n) is 10.6. The standard InChI is InChI=1S/C13H15FN4O/c1-10-6-11(2-3-12(10)14)7-16-13(19)4-5-18-9-15-8-17-18/h2-3,6,8-9H,4-5,7H2,1H3,(H,16,19). The van der Waals surface area contributed by atoms with Gasteiger partial charge in [0.05, 0.1) is 6.54 Å². The lowest BCUT2D eigenvalue weighted by molar-refractivity contribution is -0.121. The van der Waals surface area contributed by atoms with Crippen LogP contribution in [0.1, 0.15) is 17.5 Å². The lowest BCUT2D eigenvalue weighted by atomic mass is 10.1. The van der Waals surface area contributed by atoms with E-state index in [2.05, 4.69) is 15.4 Å². The quantitative estimate of drug-likeness (QED) is 0.886. The smallest absolute Gasteiger partial charge is 0.222 e. The van der Waals surface area contributed by atoms with E-state index in [1.807, 2.05) is 0 Å². The van der Waals surface area contributed by atoms with E-state index in [-0.39, 0.29) is 11.7 Å². The average Bonchev–Trinajstić information content (AvgIpc) is 2.91. The molecule has 1 N–H and O–H groups in total. The van der Waals surface area contributed by atoms with Crippen LogP contribution < -0.4 is 5.32 Å². The SMILES string of the molecule is Cc1cc(CNC(=O)CCn2cncn2)ccc1F. The molecular formula is C13H15FN4O. The van der Waals surface area contributed by atoms with Crippen LogP contribution in [0.15, 0.2) is 30.9 Å². The third-order valence-corrected chi connectivity index (χ3v) is 2.75. The van der Waals surface area contributed by atoms with Crippen molar-refractivity contribution in [2.24, 2.45) is 0 Å². The van der Waals surface area contributed by atoms with Gasteiger partial charge >= 0.3 is 0 Å². The Hall–Kier alpha value is -2.24. The fraction of sp³-hybridized carbons (Fsp3) is 0.308. The van der Waals surface area contributed by atoms with Gasteiger partial charge in [0.15, 0.2) is 0 Å². The van der Waals surface area contributed by atoms with Gasteiger partial charge in [0.25, 0.3) is 0 Å². The van der Waals surface area contributed by atoms with Crippen molar-refractivity contribution < 1.29 is 9.18 Å². The number of hydrogen-bond acceptors (Lipinski definition) is 3. The largest absolute Gasteiger partial charge is 0.352 e. The Kier molecular flexibility index (Phi) is 4.22. The van der Waals surface area contributed by atoms with Crippen LogP contribution in [0, 0.1) is 12.7 Å². The summed E-state index contributed by atoms with van der Waals surface area (Å²) in [4.78, 5) is 15.4. The molecule has 0 saturated carbocycles. The van der Waals surface area contributed by atoms with Crippen LogP contribution in [0.2, 0.25) is 0 Å². The molecule has 1 aromatic heterocycles. The molecule has 0 aliphatic rings. The van der Waals surface area contributed by atoms with E-state index in [1.54, 1.807) is 30.1 Å². The molecule has 19 heavy (non-hydrogen) atoms. The van der Waals surface area contributed by atoms with Crippen LogP contribution in [-0.2, 0) is 17.9 Å². The first-order valence-electron chi connectivity index (χ1n) is 5.99. The molecule has 0 spiro atoms. The summed E-state index contributed by atoms with van der Waals surface area (Å²) in [6, 6.07) is 4.80. The van der Waals surface area contributed by atoms with E-state index in [0.717, 1.165) is 5.56 Å². The Morgan fingerprint density at radius 2 is 2.32 bits per heavy atom. The van der Waals surface area contributed by atoms with Crippen LogP contribution in [0.4, 0.5) is 4.39 Å². The molecule has 0 radical (unpaired) electrons. The molecule has 0 saturated heterocycles. The zero-order valence-corrected chi connectivity index (χ0v) is 10.6. The summed E-state index contributed by atoms with van der Waals surface area (Å²) >= 11 is 0. The minimum absolute atomic E-state index is 0.0718. The molecule has 0 unspecified atom stereocenters. The molecule has 0 aliphatic heterocycles. The predicted octanol–water partition coefficient (Wildman–Crippen LogP) is 1.43. The molecule has 2 aromatic rings. The third-order valence-electron chi connectivity index (χ3n) is 2.75. The van der Waals surface area contributed by atoms with Crippen LogP contribution in [-0.4, -0.2) is 20.7 Å². The Balaban J connectivity index is 1.78. The van der Waals surface area contributed by atoms with Gasteiger partial charge in [-0.25, -0.2) is 9.37 Å². The molecule has 6 heteroatoms. The normalized spacial score (nSPS) is 10.4. The van der Waals surface area contributed by atoms with Gasteiger partial charge in [-0.3, -0.25) is 9.48 Å². The monoisotopic (exact) mass is 262 g/mol. The van der Waals surface area contributed by atoms with Crippen molar-refractivity contribution in [2.75, 3.05) is 0 Å². The second-order valence-electron chi connectivity index (χ2n) is 4.27. The van der Waals surface area contributed by atoms with E-state index >= 15 is 0 Å². The minimum Gasteiger partial charge on any atom is -0.352 e. The number of nitrogens with zero attached hydrogens (tertiary/aromatic N) is 3. The molecule has 5 nitrogen and oxygen atoms in total. The fourth-order valence-corrected chi connectivity index (χ4v) is 1.67. The summed E-state index contributed by atoms with van der Waals surface area (Å²) in [5.74, 6) is -0.307. The number of aromatic nitrogens is 3. The van der Waals surface area contributed by atoms with E-state index in [1.165, 1.54) is 12.4 Å². The van der Waals surface area contributed by atoms with Gasteiger partial charge in [-0.05, 0) is 24.1 Å². The van der Waals surface area contributed by atoms with Crippen molar-refractivity contribution in [3.63, 3.8) is 0 Å². The Labute approximate surface area is 110 Å². The number of hydrogen-bond donors (Lipinski definition) is 1. The molecule has 100 valence electrons. The van der Waals surface area contributed by atoms with E-state index in [4.69, 9.17) is 0 Å². The van der Waals surface area contributed by atoms with E-state index in [9.17, 15) is 9.18 Å². The van der Waals surface area contributed by atoms with Gasteiger partial charge in [-0.1, -0.05) is 12.1 Å². The first-order valence-corrected chi connectivity index (χ1v) is 5.99. The van der Waals surface area contributed by atoms with Crippen molar-refractivity contribution in [3.8, 4) is 0 Å². The topological polar surface area (TPSA) is 59.8 Å². The molecule has 0 bridgehead atoms. The number of nitrogens with one attached hydrogen (secondary N) is 1. The van der Waals surface area contributed by atoms with Crippen LogP contribution in [0.25, 0.3) is 0 Å². The summed E-state index contributed by atoms with van der Waals surface area (Å²) in [7, 11) is 0. The van der Waals surface area contributed by atoms with Crippen LogP contribution in [0.3, 0.4) is 0 Å². The summed E-state index contributed by atoms with van der Waals surface area (Å²) in [5.41, 5.74) is 1.46. The van der Waals surface area contributed by atoms with Crippen LogP contribution >= 0.6 is 0 Å². The maximum atomic E-state index is 13.1. The maximum absolute atomic E-state index is 13.1. The maximum Gasteiger partial charge on any atom is 0.222 e. The molecule has 1 aromatic carbocycles. The zero-order chi connectivity index (χ0) is 13.7. The number of aryl methyl sites for hydroxylation is 2. The summed E-state index contributed by atoms with van der Waals surface area (Å²) < 4.78 is 14.7. The Bertz CT molecular complexity index is 554. The highest BCUT2D eigenvalue weighted by atomic mass is 19.1. The molecule has 0 atom stereocenters. The molecule has 1 amide bonds. The number of carbonyl (C=O) groups is 1. The van der Waals surface area contributed by atoms with Crippen LogP contribution in [0.5, 0.6) is 0 Å². The third kappa shape index (κ3) is 3.87. The highest BCUT2D eigenvalue weighted by Gasteiger charge is 2.03. The van der Waals surface area contributed by atoms with Gasteiger partial charge in [-0.15, -0.1) is 0 Å². The number of carbonyl (C=O) groups excluding carboxylic acids is 1. The lowest BCUT2D eigenvalue weighted by Gasteiger charge is -2.06. The molecule has 1 heterocycles. The summed E-state index contributed by atoms with van der Waals surface area (Å²) in [6.45, 7) is 2.59. The Morgan fingerprint density at radius 1 is 1.47 bits per heavy atom. The molecule has 0 aliphatic carbocycles. The predicted molar refractivity (Wildman–Crippen MR) is 67.6 cm³/mol. The van der Waals surface area contributed by atoms with Crippen molar-refractivity contribution >= 4 is 5.91 Å². The molecular weight excluding hydrogens is 247 g/mol.